The summed E-state index contributed by atoms with van der Waals surface area (Å²) in [4.78, 5) is 3.61. The summed E-state index contributed by atoms with van der Waals surface area (Å²) >= 11 is 0. The van der Waals surface area contributed by atoms with E-state index in [1.165, 1.54) is 0 Å². The van der Waals surface area contributed by atoms with Gasteiger partial charge in [-0.05, 0) is 17.7 Å². The van der Waals surface area contributed by atoms with Gasteiger partial charge in [0.1, 0.15) is 12.1 Å². The monoisotopic (exact) mass is 335 g/mol. The van der Waals surface area contributed by atoms with Crippen LogP contribution in [0, 0.1) is 5.82 Å². The first kappa shape index (κ1) is 16.4. The summed E-state index contributed by atoms with van der Waals surface area (Å²) < 4.78 is 64.6. The molecule has 1 heterocycles. The maximum atomic E-state index is 14.4. The minimum atomic E-state index is -4.96. The molecule has 2 rings (SSSR count). The fourth-order valence-corrected chi connectivity index (χ4v) is 2.76. The molecule has 2 aromatic rings. The highest BCUT2D eigenvalue weighted by molar-refractivity contribution is 7.91. The molecule has 1 unspecified atom stereocenters. The summed E-state index contributed by atoms with van der Waals surface area (Å²) in [6.07, 6.45) is 0.528. The first-order valence-corrected chi connectivity index (χ1v) is 7.87. The second kappa shape index (κ2) is 5.36. The smallest absolute Gasteiger partial charge is 0.377 e. The number of H-pyrrole nitrogens is 1. The van der Waals surface area contributed by atoms with Gasteiger partial charge >= 0.3 is 5.25 Å². The van der Waals surface area contributed by atoms with E-state index in [-0.39, 0.29) is 5.82 Å². The predicted octanol–water partition coefficient (Wildman–Crippen LogP) is 1.01. The fourth-order valence-electron chi connectivity index (χ4n) is 1.95. The van der Waals surface area contributed by atoms with Crippen molar-refractivity contribution >= 4 is 9.84 Å². The number of hydrogen-bond donors (Lipinski definition) is 2. The van der Waals surface area contributed by atoms with Crippen LogP contribution >= 0.6 is 0 Å². The van der Waals surface area contributed by atoms with Crippen LogP contribution < -0.4 is 0 Å². The molecule has 0 saturated carbocycles. The average Bonchev–Trinajstić information content (AvgIpc) is 2.90. The number of halogens is 3. The largest absolute Gasteiger partial charge is 0.377 e. The van der Waals surface area contributed by atoms with Crippen molar-refractivity contribution in [3.05, 3.63) is 47.8 Å². The van der Waals surface area contributed by atoms with Gasteiger partial charge in [-0.3, -0.25) is 5.10 Å². The average molecular weight is 335 g/mol. The molecule has 10 heteroatoms. The minimum Gasteiger partial charge on any atom is -0.377 e. The highest BCUT2D eigenvalue weighted by atomic mass is 32.2. The van der Waals surface area contributed by atoms with E-state index in [1.54, 1.807) is 0 Å². The fraction of sp³-hybridized carbons (Fsp3) is 0.333. The zero-order valence-corrected chi connectivity index (χ0v) is 12.1. The Balaban J connectivity index is 2.61. The van der Waals surface area contributed by atoms with Crippen molar-refractivity contribution in [2.75, 3.05) is 6.26 Å². The highest BCUT2D eigenvalue weighted by Crippen LogP contribution is 2.43. The molecule has 1 aromatic carbocycles. The van der Waals surface area contributed by atoms with Gasteiger partial charge in [0.2, 0.25) is 9.84 Å². The molecule has 22 heavy (non-hydrogen) atoms. The van der Waals surface area contributed by atoms with Crippen LogP contribution in [0.15, 0.2) is 30.6 Å². The first-order valence-electron chi connectivity index (χ1n) is 5.98. The molecule has 120 valence electrons. The number of benzene rings is 1. The Morgan fingerprint density at radius 1 is 1.27 bits per heavy atom. The topological polar surface area (TPSA) is 95.9 Å². The molecular formula is C12H12F3N3O3S. The summed E-state index contributed by atoms with van der Waals surface area (Å²) in [7, 11) is -4.96. The molecule has 1 aromatic heterocycles. The maximum absolute atomic E-state index is 14.4. The summed E-state index contributed by atoms with van der Waals surface area (Å²) in [5.41, 5.74) is -3.61. The number of alkyl halides is 2. The van der Waals surface area contributed by atoms with Crippen molar-refractivity contribution in [1.82, 2.24) is 15.2 Å². The summed E-state index contributed by atoms with van der Waals surface area (Å²) in [5, 5.41) is 11.8. The van der Waals surface area contributed by atoms with Crippen molar-refractivity contribution in [1.29, 1.82) is 0 Å². The van der Waals surface area contributed by atoms with Crippen LogP contribution in [0.25, 0.3) is 0 Å². The number of nitrogens with zero attached hydrogens (tertiary/aromatic N) is 2. The van der Waals surface area contributed by atoms with E-state index < -0.39 is 38.5 Å². The van der Waals surface area contributed by atoms with E-state index in [2.05, 4.69) is 15.2 Å². The van der Waals surface area contributed by atoms with E-state index in [0.717, 1.165) is 30.6 Å². The van der Waals surface area contributed by atoms with Crippen LogP contribution in [-0.2, 0) is 21.9 Å². The van der Waals surface area contributed by atoms with Crippen molar-refractivity contribution in [3.8, 4) is 0 Å². The van der Waals surface area contributed by atoms with Crippen molar-refractivity contribution in [2.24, 2.45) is 0 Å². The van der Waals surface area contributed by atoms with Crippen molar-refractivity contribution in [2.45, 2.75) is 17.3 Å². The number of aromatic amines is 1. The molecular weight excluding hydrogens is 323 g/mol. The van der Waals surface area contributed by atoms with Crippen molar-refractivity contribution < 1.29 is 26.7 Å². The Morgan fingerprint density at radius 2 is 1.86 bits per heavy atom. The van der Waals surface area contributed by atoms with Gasteiger partial charge in [-0.25, -0.2) is 17.8 Å². The number of hydrogen-bond acceptors (Lipinski definition) is 5. The van der Waals surface area contributed by atoms with E-state index in [4.69, 9.17) is 0 Å². The Kier molecular flexibility index (Phi) is 4.00. The van der Waals surface area contributed by atoms with Gasteiger partial charge < -0.3 is 5.11 Å². The Labute approximate surface area is 123 Å². The molecule has 1 atom stereocenters. The Bertz CT molecular complexity index is 748. The lowest BCUT2D eigenvalue weighted by Gasteiger charge is -2.34. The van der Waals surface area contributed by atoms with Gasteiger partial charge in [-0.1, -0.05) is 12.1 Å². The number of rotatable bonds is 5. The van der Waals surface area contributed by atoms with Crippen molar-refractivity contribution in [3.63, 3.8) is 0 Å². The van der Waals surface area contributed by atoms with E-state index >= 15 is 0 Å². The molecule has 0 radical (unpaired) electrons. The molecule has 0 amide bonds. The summed E-state index contributed by atoms with van der Waals surface area (Å²) in [6.45, 7) is 0. The van der Waals surface area contributed by atoms with E-state index in [9.17, 15) is 26.7 Å². The van der Waals surface area contributed by atoms with E-state index in [1.807, 2.05) is 0 Å². The van der Waals surface area contributed by atoms with Crippen LogP contribution in [0.4, 0.5) is 13.2 Å². The van der Waals surface area contributed by atoms with Crippen LogP contribution in [0.5, 0.6) is 0 Å². The lowest BCUT2D eigenvalue weighted by molar-refractivity contribution is -0.132. The Morgan fingerprint density at radius 3 is 2.32 bits per heavy atom. The first-order chi connectivity index (χ1) is 10.1. The molecule has 0 aliphatic heterocycles. The van der Waals surface area contributed by atoms with Gasteiger partial charge in [-0.15, -0.1) is 0 Å². The van der Waals surface area contributed by atoms with Gasteiger partial charge in [0.25, 0.3) is 0 Å². The van der Waals surface area contributed by atoms with Gasteiger partial charge in [-0.2, -0.15) is 13.9 Å². The number of aromatic nitrogens is 3. The van der Waals surface area contributed by atoms with Gasteiger partial charge in [0.05, 0.1) is 0 Å². The standard InChI is InChI=1S/C12H12F3N3O3S/c1-22(20,21)12(14,15)11(19,6-10-16-7-17-18-10)8-2-4-9(13)5-3-8/h2-5,7,19H,6H2,1H3,(H,16,17,18). The molecule has 0 fully saturated rings. The molecule has 0 bridgehead atoms. The van der Waals surface area contributed by atoms with Crippen LogP contribution in [-0.4, -0.2) is 40.2 Å². The second-order valence-electron chi connectivity index (χ2n) is 4.75. The SMILES string of the molecule is CS(=O)(=O)C(F)(F)C(O)(Cc1nc[nH]n1)c1ccc(F)cc1. The molecule has 0 aliphatic rings. The van der Waals surface area contributed by atoms with Crippen LogP contribution in [0.2, 0.25) is 0 Å². The predicted molar refractivity (Wildman–Crippen MR) is 70.2 cm³/mol. The maximum Gasteiger partial charge on any atom is 0.377 e. The third-order valence-electron chi connectivity index (χ3n) is 3.15. The zero-order chi connectivity index (χ0) is 16.6. The lowest BCUT2D eigenvalue weighted by Crippen LogP contribution is -2.52. The Hall–Kier alpha value is -1.94. The van der Waals surface area contributed by atoms with Gasteiger partial charge in [0, 0.05) is 12.7 Å². The second-order valence-corrected chi connectivity index (χ2v) is 6.81. The normalized spacial score (nSPS) is 15.5. The zero-order valence-electron chi connectivity index (χ0n) is 11.3. The molecule has 2 N–H and O–H groups in total. The number of sulfone groups is 1. The third kappa shape index (κ3) is 2.71. The molecule has 0 saturated heterocycles. The molecule has 6 nitrogen and oxygen atoms in total. The van der Waals surface area contributed by atoms with Gasteiger partial charge in [0.15, 0.2) is 11.4 Å². The van der Waals surface area contributed by atoms with E-state index in [0.29, 0.717) is 6.26 Å². The third-order valence-corrected chi connectivity index (χ3v) is 4.42. The summed E-state index contributed by atoms with van der Waals surface area (Å²) in [6, 6.07) is 3.47. The number of nitrogens with one attached hydrogen (secondary N) is 1. The van der Waals surface area contributed by atoms with Crippen LogP contribution in [0.3, 0.4) is 0 Å². The summed E-state index contributed by atoms with van der Waals surface area (Å²) in [5.74, 6) is -0.929. The lowest BCUT2D eigenvalue weighted by atomic mass is 9.90. The molecule has 0 spiro atoms. The molecule has 0 aliphatic carbocycles. The quantitative estimate of drug-likeness (QED) is 0.850. The minimum absolute atomic E-state index is 0.213. The van der Waals surface area contributed by atoms with Crippen LogP contribution in [0.1, 0.15) is 11.4 Å². The number of aliphatic hydroxyl groups is 1. The highest BCUT2D eigenvalue weighted by Gasteiger charge is 2.61.